The number of Topliss-reactive ketones (excluding diaryl/α,β-unsaturated/α-hetero) is 1. The summed E-state index contributed by atoms with van der Waals surface area (Å²) in [5.74, 6) is 2.47. The Hall–Kier alpha value is -3.53. The molecule has 2 unspecified atom stereocenters. The molecule has 372 valence electrons. The van der Waals surface area contributed by atoms with E-state index >= 15 is 0 Å². The molecular formula is C52H77N3O12. The number of aromatic amines is 1. The second kappa shape index (κ2) is 21.6. The van der Waals surface area contributed by atoms with E-state index in [0.717, 1.165) is 16.8 Å². The minimum atomic E-state index is -1.34. The maximum absolute atomic E-state index is 15.0. The van der Waals surface area contributed by atoms with Gasteiger partial charge in [0.25, 0.3) is 0 Å². The third-order valence-corrected chi connectivity index (χ3v) is 15.2. The highest BCUT2D eigenvalue weighted by atomic mass is 16.7. The summed E-state index contributed by atoms with van der Waals surface area (Å²) in [6.07, 6.45) is -3.08. The minimum Gasteiger partial charge on any atom is -0.459 e. The van der Waals surface area contributed by atoms with Crippen LogP contribution in [0.25, 0.3) is 11.3 Å². The Kier molecular flexibility index (Phi) is 17.1. The van der Waals surface area contributed by atoms with Crippen molar-refractivity contribution < 1.29 is 57.7 Å². The molecule has 3 N–H and O–H groups in total. The lowest BCUT2D eigenvalue weighted by atomic mass is 9.69. The number of hydrogen-bond acceptors (Lipinski definition) is 14. The summed E-state index contributed by atoms with van der Waals surface area (Å²) in [6, 6.07) is 7.35. The number of pyridine rings is 1. The van der Waals surface area contributed by atoms with Crippen LogP contribution in [0, 0.1) is 41.4 Å². The van der Waals surface area contributed by atoms with E-state index in [2.05, 4.69) is 28.4 Å². The van der Waals surface area contributed by atoms with Crippen molar-refractivity contribution in [3.63, 3.8) is 0 Å². The molecule has 0 saturated carbocycles. The van der Waals surface area contributed by atoms with Gasteiger partial charge in [-0.15, -0.1) is 0 Å². The van der Waals surface area contributed by atoms with Gasteiger partial charge in [0.15, 0.2) is 12.6 Å². The molecule has 4 fully saturated rings. The van der Waals surface area contributed by atoms with Gasteiger partial charge < -0.3 is 58.0 Å². The number of likely N-dealkylation sites (N-methyl/N-ethyl adjacent to an activating group) is 1. The summed E-state index contributed by atoms with van der Waals surface area (Å²) in [7, 11) is 5.35. The van der Waals surface area contributed by atoms with Crippen LogP contribution in [0.15, 0.2) is 48.8 Å². The predicted octanol–water partition coefficient (Wildman–Crippen LogP) is 6.10. The van der Waals surface area contributed by atoms with Crippen molar-refractivity contribution >= 4 is 11.8 Å². The van der Waals surface area contributed by atoms with Crippen LogP contribution >= 0.6 is 0 Å². The number of rotatable bonds is 10. The summed E-state index contributed by atoms with van der Waals surface area (Å²) >= 11 is 0. The van der Waals surface area contributed by atoms with Gasteiger partial charge in [0.2, 0.25) is 0 Å². The fraction of sp³-hybridized carbons (Fsp3) is 0.712. The van der Waals surface area contributed by atoms with Gasteiger partial charge in [0, 0.05) is 66.9 Å². The zero-order valence-corrected chi connectivity index (χ0v) is 41.9. The number of nitrogens with zero attached hydrogens (tertiary/aromatic N) is 2. The zero-order valence-electron chi connectivity index (χ0n) is 41.9. The molecule has 6 rings (SSSR count). The van der Waals surface area contributed by atoms with Crippen molar-refractivity contribution in [1.29, 1.82) is 0 Å². The Morgan fingerprint density at radius 1 is 0.985 bits per heavy atom. The van der Waals surface area contributed by atoms with E-state index in [9.17, 15) is 19.8 Å². The minimum absolute atomic E-state index is 0.0406. The van der Waals surface area contributed by atoms with E-state index in [4.69, 9.17) is 37.9 Å². The number of carbonyl (C=O) groups excluding carboxylic acids is 2. The molecule has 0 spiro atoms. The van der Waals surface area contributed by atoms with Crippen molar-refractivity contribution in [2.45, 2.75) is 173 Å². The lowest BCUT2D eigenvalue weighted by Crippen LogP contribution is -2.61. The number of methoxy groups -OCH3 is 1. The number of H-pyrrole nitrogens is 1. The number of ketones is 1. The van der Waals surface area contributed by atoms with Crippen molar-refractivity contribution in [2.24, 2.45) is 29.6 Å². The van der Waals surface area contributed by atoms with Crippen molar-refractivity contribution in [3.8, 4) is 23.1 Å². The van der Waals surface area contributed by atoms with Crippen molar-refractivity contribution in [1.82, 2.24) is 14.9 Å². The number of hydrogen-bond donors (Lipinski definition) is 3. The molecule has 0 bridgehead atoms. The van der Waals surface area contributed by atoms with Crippen LogP contribution in [-0.2, 0) is 47.5 Å². The largest absolute Gasteiger partial charge is 0.459 e. The molecule has 0 aromatic carbocycles. The first-order valence-electron chi connectivity index (χ1n) is 24.0. The van der Waals surface area contributed by atoms with E-state index in [1.165, 1.54) is 7.11 Å². The standard InChI is InChI=1S/C52H77N3O12/c1-15-40-52(11)42(30(3)28-62-52)32(5)43(56)29(2)25-51(10,61-23-17-19-37-20-21-38(54-37)36-18-16-22-53-27-36)47(67-49-44(57)39(55(12)13)24-31(4)63-49)33(6)45(34(7)48(59)65-40)66-41-26-50(9,60-14)46(58)35(8)64-41/h16,18,20-22,27,29,31-35,39-42,44-47,49,54,57-58H,3,15,23-26,28H2,1-2,4-14H3/t29-,31-,32?,33+,34-,35+,39+,40-,41?,42+,44-,45+,46+,47-,49+,50-,51-,52-/m1/s1. The monoisotopic (exact) mass is 936 g/mol. The summed E-state index contributed by atoms with van der Waals surface area (Å²) in [5.41, 5.74) is -0.225. The SMILES string of the molecule is C=C1CO[C@]2(C)[C@@H](CC)OC(=O)[C@H](C)[C@@H](OC3C[C@@](C)(OC)[C@@H](O)[C@H](C)O3)[C@H](C)[C@@H](O[C@@H]3O[C@H](C)C[C@H](N(C)C)[C@H]3O)[C@](C)(OCC#Cc3ccc(-c4cccnc4)[nH]3)C[C@@H](C)C(=O)C(C)[C@H]12. The van der Waals surface area contributed by atoms with E-state index in [1.807, 2.05) is 91.7 Å². The van der Waals surface area contributed by atoms with Gasteiger partial charge in [0.1, 0.15) is 36.3 Å². The second-order valence-electron chi connectivity index (χ2n) is 20.5. The van der Waals surface area contributed by atoms with Crippen LogP contribution in [0.3, 0.4) is 0 Å². The van der Waals surface area contributed by atoms with E-state index in [0.29, 0.717) is 18.5 Å². The number of cyclic esters (lactones) is 1. The third-order valence-electron chi connectivity index (χ3n) is 15.2. The van der Waals surface area contributed by atoms with Gasteiger partial charge in [-0.2, -0.15) is 0 Å². The third kappa shape index (κ3) is 11.3. The lowest BCUT2D eigenvalue weighted by molar-refractivity contribution is -0.320. The van der Waals surface area contributed by atoms with Gasteiger partial charge in [0.05, 0.1) is 53.8 Å². The number of ether oxygens (including phenoxy) is 8. The predicted molar refractivity (Wildman–Crippen MR) is 251 cm³/mol. The molecule has 4 aliphatic heterocycles. The van der Waals surface area contributed by atoms with E-state index in [1.54, 1.807) is 33.2 Å². The Morgan fingerprint density at radius 2 is 1.72 bits per heavy atom. The topological polar surface area (TPSA) is 180 Å². The van der Waals surface area contributed by atoms with Gasteiger partial charge in [-0.3, -0.25) is 14.6 Å². The average molecular weight is 936 g/mol. The fourth-order valence-corrected chi connectivity index (χ4v) is 11.3. The van der Waals surface area contributed by atoms with Gasteiger partial charge in [-0.25, -0.2) is 0 Å². The zero-order chi connectivity index (χ0) is 49.2. The number of aromatic nitrogens is 2. The molecule has 2 aromatic heterocycles. The highest BCUT2D eigenvalue weighted by Crippen LogP contribution is 2.47. The highest BCUT2D eigenvalue weighted by Gasteiger charge is 2.57. The normalized spacial score (nSPS) is 41.3. The molecule has 4 saturated heterocycles. The van der Waals surface area contributed by atoms with E-state index < -0.39 is 102 Å². The first kappa shape index (κ1) is 52.8. The van der Waals surface area contributed by atoms with Gasteiger partial charge in [-0.05, 0) is 111 Å². The quantitative estimate of drug-likeness (QED) is 0.141. The lowest BCUT2D eigenvalue weighted by Gasteiger charge is -2.50. The molecule has 15 heteroatoms. The number of carbonyl (C=O) groups is 2. The molecule has 18 atom stereocenters. The molecule has 4 aliphatic rings. The summed E-state index contributed by atoms with van der Waals surface area (Å²) in [6.45, 7) is 23.2. The number of esters is 1. The Labute approximate surface area is 397 Å². The van der Waals surface area contributed by atoms with Crippen LogP contribution in [0.2, 0.25) is 0 Å². The Balaban J connectivity index is 1.48. The van der Waals surface area contributed by atoms with Gasteiger partial charge >= 0.3 is 5.97 Å². The smallest absolute Gasteiger partial charge is 0.311 e. The Bertz CT molecular complexity index is 2070. The van der Waals surface area contributed by atoms with E-state index in [-0.39, 0.29) is 44.0 Å². The summed E-state index contributed by atoms with van der Waals surface area (Å²) < 4.78 is 52.7. The first-order valence-corrected chi connectivity index (χ1v) is 24.0. The van der Waals surface area contributed by atoms with Crippen LogP contribution in [0.1, 0.15) is 101 Å². The number of nitrogens with one attached hydrogen (secondary N) is 1. The molecule has 0 aliphatic carbocycles. The molecule has 0 radical (unpaired) electrons. The molecule has 6 heterocycles. The molecular weight excluding hydrogens is 859 g/mol. The number of aliphatic hydroxyl groups is 2. The average Bonchev–Trinajstić information content (AvgIpc) is 3.90. The summed E-state index contributed by atoms with van der Waals surface area (Å²) in [4.78, 5) is 39.3. The molecule has 0 amide bonds. The van der Waals surface area contributed by atoms with Crippen LogP contribution in [0.5, 0.6) is 0 Å². The number of fused-ring (bicyclic) bond motifs is 1. The fourth-order valence-electron chi connectivity index (χ4n) is 11.3. The van der Waals surface area contributed by atoms with Crippen molar-refractivity contribution in [3.05, 3.63) is 54.5 Å². The van der Waals surface area contributed by atoms with Gasteiger partial charge in [-0.1, -0.05) is 40.2 Å². The Morgan fingerprint density at radius 3 is 2.37 bits per heavy atom. The first-order chi connectivity index (χ1) is 31.6. The van der Waals surface area contributed by atoms with Crippen LogP contribution in [0.4, 0.5) is 0 Å². The number of aliphatic hydroxyl groups excluding tert-OH is 2. The highest BCUT2D eigenvalue weighted by molar-refractivity contribution is 5.84. The van der Waals surface area contributed by atoms with Crippen LogP contribution < -0.4 is 0 Å². The molecule has 2 aromatic rings. The summed E-state index contributed by atoms with van der Waals surface area (Å²) in [5, 5.41) is 23.2. The second-order valence-corrected chi connectivity index (χ2v) is 20.5. The maximum Gasteiger partial charge on any atom is 0.311 e. The maximum atomic E-state index is 15.0. The van der Waals surface area contributed by atoms with Crippen molar-refractivity contribution in [2.75, 3.05) is 34.4 Å². The molecule has 15 nitrogen and oxygen atoms in total. The van der Waals surface area contributed by atoms with Crippen LogP contribution in [-0.4, -0.2) is 149 Å². The molecule has 67 heavy (non-hydrogen) atoms.